The lowest BCUT2D eigenvalue weighted by Crippen LogP contribution is -2.00. The summed E-state index contributed by atoms with van der Waals surface area (Å²) in [6.07, 6.45) is 4.07. The Morgan fingerprint density at radius 3 is 2.67 bits per heavy atom. The standard InChI is InChI=1S/C13H10ClN3S/c14-9(13-15-6-3-7-16-13)8-12-17-10-4-1-2-5-11(10)18-12/h1-7,9H,8H2. The van der Waals surface area contributed by atoms with Gasteiger partial charge in [0.1, 0.15) is 5.82 Å². The number of halogens is 1. The fourth-order valence-corrected chi connectivity index (χ4v) is 3.09. The minimum atomic E-state index is -0.230. The van der Waals surface area contributed by atoms with Crippen LogP contribution in [0.2, 0.25) is 0 Å². The van der Waals surface area contributed by atoms with Crippen LogP contribution >= 0.6 is 22.9 Å². The number of aromatic nitrogens is 3. The van der Waals surface area contributed by atoms with E-state index in [1.165, 1.54) is 4.70 Å². The molecular formula is C13H10ClN3S. The van der Waals surface area contributed by atoms with Crippen molar-refractivity contribution in [2.75, 3.05) is 0 Å². The summed E-state index contributed by atoms with van der Waals surface area (Å²) in [6.45, 7) is 0. The summed E-state index contributed by atoms with van der Waals surface area (Å²) in [5.41, 5.74) is 1.02. The van der Waals surface area contributed by atoms with Crippen molar-refractivity contribution in [2.24, 2.45) is 0 Å². The number of hydrogen-bond acceptors (Lipinski definition) is 4. The molecule has 0 aliphatic carbocycles. The fourth-order valence-electron chi connectivity index (χ4n) is 1.72. The fraction of sp³-hybridized carbons (Fsp3) is 0.154. The van der Waals surface area contributed by atoms with Crippen LogP contribution in [0.15, 0.2) is 42.7 Å². The van der Waals surface area contributed by atoms with Crippen LogP contribution in [-0.2, 0) is 6.42 Å². The first-order valence-corrected chi connectivity index (χ1v) is 6.83. The van der Waals surface area contributed by atoms with Crippen molar-refractivity contribution < 1.29 is 0 Å². The van der Waals surface area contributed by atoms with Gasteiger partial charge in [0.15, 0.2) is 0 Å². The molecule has 1 aromatic carbocycles. The Kier molecular flexibility index (Phi) is 3.21. The summed E-state index contributed by atoms with van der Waals surface area (Å²) in [4.78, 5) is 12.9. The number of benzene rings is 1. The average molecular weight is 276 g/mol. The molecule has 0 saturated carbocycles. The van der Waals surface area contributed by atoms with E-state index >= 15 is 0 Å². The van der Waals surface area contributed by atoms with Crippen molar-refractivity contribution in [3.63, 3.8) is 0 Å². The van der Waals surface area contributed by atoms with Crippen molar-refractivity contribution >= 4 is 33.2 Å². The van der Waals surface area contributed by atoms with Gasteiger partial charge in [-0.05, 0) is 18.2 Å². The van der Waals surface area contributed by atoms with E-state index in [0.29, 0.717) is 12.2 Å². The third-order valence-electron chi connectivity index (χ3n) is 2.56. The highest BCUT2D eigenvalue weighted by atomic mass is 35.5. The van der Waals surface area contributed by atoms with E-state index in [2.05, 4.69) is 21.0 Å². The Labute approximate surface area is 114 Å². The van der Waals surface area contributed by atoms with E-state index in [1.807, 2.05) is 18.2 Å². The lowest BCUT2D eigenvalue weighted by molar-refractivity contribution is 0.822. The average Bonchev–Trinajstić information content (AvgIpc) is 2.82. The van der Waals surface area contributed by atoms with Gasteiger partial charge in [-0.3, -0.25) is 0 Å². The second-order valence-electron chi connectivity index (χ2n) is 3.85. The third kappa shape index (κ3) is 2.35. The molecule has 0 aliphatic heterocycles. The number of hydrogen-bond donors (Lipinski definition) is 0. The SMILES string of the molecule is ClC(Cc1nc2ccccc2s1)c1ncccn1. The molecule has 0 spiro atoms. The maximum Gasteiger partial charge on any atom is 0.146 e. The summed E-state index contributed by atoms with van der Waals surface area (Å²) in [5, 5.41) is 0.787. The molecule has 3 nitrogen and oxygen atoms in total. The third-order valence-corrected chi connectivity index (χ3v) is 3.97. The van der Waals surface area contributed by atoms with Gasteiger partial charge in [-0.25, -0.2) is 15.0 Å². The first-order chi connectivity index (χ1) is 8.83. The lowest BCUT2D eigenvalue weighted by Gasteiger charge is -2.04. The molecule has 0 radical (unpaired) electrons. The van der Waals surface area contributed by atoms with Crippen molar-refractivity contribution in [2.45, 2.75) is 11.8 Å². The lowest BCUT2D eigenvalue weighted by atomic mass is 10.3. The maximum atomic E-state index is 6.31. The minimum Gasteiger partial charge on any atom is -0.241 e. The second kappa shape index (κ2) is 5.00. The zero-order chi connectivity index (χ0) is 12.4. The smallest absolute Gasteiger partial charge is 0.146 e. The van der Waals surface area contributed by atoms with Crippen LogP contribution in [0.3, 0.4) is 0 Å². The predicted molar refractivity (Wildman–Crippen MR) is 74.0 cm³/mol. The summed E-state index contributed by atoms with van der Waals surface area (Å²) in [6, 6.07) is 9.87. The van der Waals surface area contributed by atoms with Crippen LogP contribution < -0.4 is 0 Å². The van der Waals surface area contributed by atoms with Crippen molar-refractivity contribution in [1.82, 2.24) is 15.0 Å². The zero-order valence-corrected chi connectivity index (χ0v) is 11.0. The highest BCUT2D eigenvalue weighted by Crippen LogP contribution is 2.27. The van der Waals surface area contributed by atoms with Crippen LogP contribution in [0.5, 0.6) is 0 Å². The van der Waals surface area contributed by atoms with Crippen LogP contribution in [0, 0.1) is 0 Å². The number of alkyl halides is 1. The van der Waals surface area contributed by atoms with Crippen molar-refractivity contribution in [3.8, 4) is 0 Å². The van der Waals surface area contributed by atoms with E-state index in [1.54, 1.807) is 29.8 Å². The van der Waals surface area contributed by atoms with Gasteiger partial charge in [-0.15, -0.1) is 22.9 Å². The predicted octanol–water partition coefficient (Wildman–Crippen LogP) is 3.61. The monoisotopic (exact) mass is 275 g/mol. The quantitative estimate of drug-likeness (QED) is 0.686. The van der Waals surface area contributed by atoms with E-state index in [-0.39, 0.29) is 5.38 Å². The molecule has 18 heavy (non-hydrogen) atoms. The molecule has 0 aliphatic rings. The Bertz CT molecular complexity index is 620. The molecule has 2 heterocycles. The Morgan fingerprint density at radius 1 is 1.11 bits per heavy atom. The first-order valence-electron chi connectivity index (χ1n) is 5.58. The number of fused-ring (bicyclic) bond motifs is 1. The Balaban J connectivity index is 1.84. The first kappa shape index (κ1) is 11.6. The van der Waals surface area contributed by atoms with Crippen LogP contribution in [0.25, 0.3) is 10.2 Å². The van der Waals surface area contributed by atoms with Gasteiger partial charge < -0.3 is 0 Å². The molecule has 0 fully saturated rings. The Morgan fingerprint density at radius 2 is 1.89 bits per heavy atom. The summed E-state index contributed by atoms with van der Waals surface area (Å²) in [5.74, 6) is 0.651. The number of para-hydroxylation sites is 1. The molecule has 0 amide bonds. The molecule has 5 heteroatoms. The van der Waals surface area contributed by atoms with Crippen molar-refractivity contribution in [1.29, 1.82) is 0 Å². The second-order valence-corrected chi connectivity index (χ2v) is 5.50. The number of nitrogens with zero attached hydrogens (tertiary/aromatic N) is 3. The van der Waals surface area contributed by atoms with E-state index < -0.39 is 0 Å². The van der Waals surface area contributed by atoms with Crippen LogP contribution in [-0.4, -0.2) is 15.0 Å². The molecule has 3 rings (SSSR count). The molecule has 1 unspecified atom stereocenters. The zero-order valence-electron chi connectivity index (χ0n) is 9.45. The van der Waals surface area contributed by atoms with Crippen LogP contribution in [0.1, 0.15) is 16.2 Å². The topological polar surface area (TPSA) is 38.7 Å². The molecule has 90 valence electrons. The largest absolute Gasteiger partial charge is 0.241 e. The molecule has 3 aromatic rings. The van der Waals surface area contributed by atoms with Gasteiger partial charge in [0.25, 0.3) is 0 Å². The normalized spacial score (nSPS) is 12.7. The summed E-state index contributed by atoms with van der Waals surface area (Å²) in [7, 11) is 0. The number of thiazole rings is 1. The molecule has 0 saturated heterocycles. The minimum absolute atomic E-state index is 0.230. The molecular weight excluding hydrogens is 266 g/mol. The molecule has 2 aromatic heterocycles. The van der Waals surface area contributed by atoms with Gasteiger partial charge in [-0.2, -0.15) is 0 Å². The Hall–Kier alpha value is -1.52. The van der Waals surface area contributed by atoms with E-state index in [9.17, 15) is 0 Å². The van der Waals surface area contributed by atoms with Gasteiger partial charge in [0.05, 0.1) is 20.6 Å². The van der Waals surface area contributed by atoms with E-state index in [0.717, 1.165) is 10.5 Å². The summed E-state index contributed by atoms with van der Waals surface area (Å²) >= 11 is 7.98. The maximum absolute atomic E-state index is 6.31. The molecule has 0 bridgehead atoms. The summed E-state index contributed by atoms with van der Waals surface area (Å²) < 4.78 is 1.19. The molecule has 1 atom stereocenters. The molecule has 0 N–H and O–H groups in total. The van der Waals surface area contributed by atoms with Gasteiger partial charge >= 0.3 is 0 Å². The van der Waals surface area contributed by atoms with E-state index in [4.69, 9.17) is 11.6 Å². The van der Waals surface area contributed by atoms with Gasteiger partial charge in [0.2, 0.25) is 0 Å². The van der Waals surface area contributed by atoms with Gasteiger partial charge in [-0.1, -0.05) is 12.1 Å². The number of rotatable bonds is 3. The highest BCUT2D eigenvalue weighted by Gasteiger charge is 2.14. The highest BCUT2D eigenvalue weighted by molar-refractivity contribution is 7.18. The van der Waals surface area contributed by atoms with Crippen molar-refractivity contribution in [3.05, 3.63) is 53.6 Å². The van der Waals surface area contributed by atoms with Gasteiger partial charge in [0, 0.05) is 18.8 Å². The van der Waals surface area contributed by atoms with Crippen LogP contribution in [0.4, 0.5) is 0 Å².